The van der Waals surface area contributed by atoms with Crippen molar-refractivity contribution in [3.8, 4) is 6.07 Å². The van der Waals surface area contributed by atoms with E-state index in [2.05, 4.69) is 0 Å². The van der Waals surface area contributed by atoms with E-state index >= 15 is 0 Å². The van der Waals surface area contributed by atoms with Crippen LogP contribution in [0, 0.1) is 28.8 Å². The lowest BCUT2D eigenvalue weighted by molar-refractivity contribution is 0.0967. The molecule has 2 aromatic carbocycles. The minimum atomic E-state index is -1.84. The highest BCUT2D eigenvalue weighted by Gasteiger charge is 2.31. The quantitative estimate of drug-likeness (QED) is 0.856. The number of halogens is 3. The average molecular weight is 277 g/mol. The van der Waals surface area contributed by atoms with Gasteiger partial charge in [0.05, 0.1) is 11.6 Å². The van der Waals surface area contributed by atoms with Gasteiger partial charge in [0.1, 0.15) is 5.60 Å². The molecule has 0 aliphatic carbocycles. The summed E-state index contributed by atoms with van der Waals surface area (Å²) in [5, 5.41) is 19.1. The summed E-state index contributed by atoms with van der Waals surface area (Å²) in [5.41, 5.74) is -1.58. The molecule has 0 aliphatic rings. The van der Waals surface area contributed by atoms with Crippen LogP contribution in [0.25, 0.3) is 0 Å². The summed E-state index contributed by atoms with van der Waals surface area (Å²) in [4.78, 5) is 0. The van der Waals surface area contributed by atoms with E-state index in [0.29, 0.717) is 5.56 Å². The minimum absolute atomic E-state index is 0.265. The Labute approximate surface area is 113 Å². The van der Waals surface area contributed by atoms with Crippen molar-refractivity contribution in [2.45, 2.75) is 12.5 Å². The molecule has 0 heterocycles. The smallest absolute Gasteiger partial charge is 0.194 e. The van der Waals surface area contributed by atoms with Crippen LogP contribution in [0.2, 0.25) is 0 Å². The van der Waals surface area contributed by atoms with Crippen molar-refractivity contribution in [1.82, 2.24) is 0 Å². The van der Waals surface area contributed by atoms with Crippen molar-refractivity contribution in [2.24, 2.45) is 0 Å². The fourth-order valence-corrected chi connectivity index (χ4v) is 1.93. The van der Waals surface area contributed by atoms with Gasteiger partial charge in [-0.25, -0.2) is 13.2 Å². The SMILES string of the molecule is CC(O)(c1ccc(C#N)cc1)c1ccc(F)c(F)c1F. The maximum atomic E-state index is 13.8. The van der Waals surface area contributed by atoms with Gasteiger partial charge in [-0.05, 0) is 36.8 Å². The third-order valence-electron chi connectivity index (χ3n) is 3.14. The Balaban J connectivity index is 2.54. The molecule has 0 bridgehead atoms. The normalized spacial score (nSPS) is 13.6. The molecule has 0 aliphatic heterocycles. The highest BCUT2D eigenvalue weighted by molar-refractivity contribution is 5.40. The highest BCUT2D eigenvalue weighted by atomic mass is 19.2. The lowest BCUT2D eigenvalue weighted by atomic mass is 9.87. The monoisotopic (exact) mass is 277 g/mol. The lowest BCUT2D eigenvalue weighted by Gasteiger charge is -2.25. The van der Waals surface area contributed by atoms with E-state index in [4.69, 9.17) is 5.26 Å². The third-order valence-corrected chi connectivity index (χ3v) is 3.14. The van der Waals surface area contributed by atoms with Crippen LogP contribution < -0.4 is 0 Å². The van der Waals surface area contributed by atoms with Crippen LogP contribution in [-0.2, 0) is 5.60 Å². The van der Waals surface area contributed by atoms with E-state index in [1.54, 1.807) is 0 Å². The molecule has 0 aromatic heterocycles. The van der Waals surface area contributed by atoms with E-state index in [1.807, 2.05) is 6.07 Å². The molecule has 0 spiro atoms. The maximum Gasteiger partial charge on any atom is 0.194 e. The lowest BCUT2D eigenvalue weighted by Crippen LogP contribution is -2.25. The summed E-state index contributed by atoms with van der Waals surface area (Å²) in [6.45, 7) is 1.27. The molecule has 0 amide bonds. The van der Waals surface area contributed by atoms with Crippen LogP contribution in [0.3, 0.4) is 0 Å². The van der Waals surface area contributed by atoms with Crippen molar-refractivity contribution in [3.05, 3.63) is 70.5 Å². The number of nitrogens with zero attached hydrogens (tertiary/aromatic N) is 1. The van der Waals surface area contributed by atoms with Crippen LogP contribution in [-0.4, -0.2) is 5.11 Å². The van der Waals surface area contributed by atoms with Crippen molar-refractivity contribution >= 4 is 0 Å². The maximum absolute atomic E-state index is 13.8. The summed E-state index contributed by atoms with van der Waals surface area (Å²) in [5.74, 6) is -4.38. The fourth-order valence-electron chi connectivity index (χ4n) is 1.93. The number of aliphatic hydroxyl groups is 1. The second-order valence-corrected chi connectivity index (χ2v) is 4.48. The van der Waals surface area contributed by atoms with E-state index in [0.717, 1.165) is 12.1 Å². The van der Waals surface area contributed by atoms with E-state index in [9.17, 15) is 18.3 Å². The van der Waals surface area contributed by atoms with Crippen molar-refractivity contribution in [2.75, 3.05) is 0 Å². The van der Waals surface area contributed by atoms with Crippen LogP contribution in [0.5, 0.6) is 0 Å². The van der Waals surface area contributed by atoms with E-state index < -0.39 is 23.1 Å². The predicted octanol–water partition coefficient (Wildman–Crippen LogP) is 3.23. The van der Waals surface area contributed by atoms with Gasteiger partial charge < -0.3 is 5.11 Å². The molecule has 1 unspecified atom stereocenters. The number of hydrogen-bond donors (Lipinski definition) is 1. The molecule has 0 fully saturated rings. The Morgan fingerprint density at radius 2 is 1.60 bits per heavy atom. The third kappa shape index (κ3) is 2.26. The summed E-state index contributed by atoms with van der Waals surface area (Å²) >= 11 is 0. The fraction of sp³-hybridized carbons (Fsp3) is 0.133. The predicted molar refractivity (Wildman–Crippen MR) is 66.1 cm³/mol. The molecule has 0 saturated carbocycles. The Hall–Kier alpha value is -2.32. The molecule has 5 heteroatoms. The zero-order valence-corrected chi connectivity index (χ0v) is 10.5. The molecule has 2 rings (SSSR count). The van der Waals surface area contributed by atoms with Crippen LogP contribution >= 0.6 is 0 Å². The summed E-state index contributed by atoms with van der Waals surface area (Å²) in [7, 11) is 0. The number of nitriles is 1. The topological polar surface area (TPSA) is 44.0 Å². The van der Waals surface area contributed by atoms with Gasteiger partial charge >= 0.3 is 0 Å². The molecule has 102 valence electrons. The van der Waals surface area contributed by atoms with Crippen molar-refractivity contribution in [1.29, 1.82) is 5.26 Å². The van der Waals surface area contributed by atoms with Crippen LogP contribution in [0.4, 0.5) is 13.2 Å². The number of benzene rings is 2. The zero-order valence-electron chi connectivity index (χ0n) is 10.5. The largest absolute Gasteiger partial charge is 0.381 e. The number of hydrogen-bond acceptors (Lipinski definition) is 2. The van der Waals surface area contributed by atoms with Gasteiger partial charge in [0.25, 0.3) is 0 Å². The Morgan fingerprint density at radius 3 is 2.15 bits per heavy atom. The Kier molecular flexibility index (Phi) is 3.51. The molecule has 1 N–H and O–H groups in total. The Bertz CT molecular complexity index is 688. The molecule has 0 radical (unpaired) electrons. The van der Waals surface area contributed by atoms with Gasteiger partial charge in [0.2, 0.25) is 0 Å². The average Bonchev–Trinajstić information content (AvgIpc) is 2.44. The van der Waals surface area contributed by atoms with E-state index in [1.165, 1.54) is 31.2 Å². The van der Waals surface area contributed by atoms with Gasteiger partial charge in [0, 0.05) is 5.56 Å². The highest BCUT2D eigenvalue weighted by Crippen LogP contribution is 2.32. The van der Waals surface area contributed by atoms with Gasteiger partial charge in [-0.15, -0.1) is 0 Å². The van der Waals surface area contributed by atoms with Gasteiger partial charge in [-0.3, -0.25) is 0 Å². The van der Waals surface area contributed by atoms with E-state index in [-0.39, 0.29) is 11.1 Å². The molecule has 0 saturated heterocycles. The Morgan fingerprint density at radius 1 is 1.00 bits per heavy atom. The van der Waals surface area contributed by atoms with Crippen LogP contribution in [0.1, 0.15) is 23.6 Å². The minimum Gasteiger partial charge on any atom is -0.381 e. The first-order valence-electron chi connectivity index (χ1n) is 5.75. The number of rotatable bonds is 2. The molecule has 20 heavy (non-hydrogen) atoms. The first-order valence-corrected chi connectivity index (χ1v) is 5.75. The zero-order chi connectivity index (χ0) is 14.9. The molecule has 2 nitrogen and oxygen atoms in total. The van der Waals surface area contributed by atoms with Gasteiger partial charge in [0.15, 0.2) is 17.5 Å². The summed E-state index contributed by atoms with van der Waals surface area (Å²) in [6, 6.07) is 9.41. The summed E-state index contributed by atoms with van der Waals surface area (Å²) in [6.07, 6.45) is 0. The van der Waals surface area contributed by atoms with Crippen LogP contribution in [0.15, 0.2) is 36.4 Å². The van der Waals surface area contributed by atoms with Gasteiger partial charge in [-0.1, -0.05) is 12.1 Å². The van der Waals surface area contributed by atoms with Crippen molar-refractivity contribution < 1.29 is 18.3 Å². The molecule has 2 aromatic rings. The molecular weight excluding hydrogens is 267 g/mol. The van der Waals surface area contributed by atoms with Gasteiger partial charge in [-0.2, -0.15) is 5.26 Å². The molecule has 1 atom stereocenters. The standard InChI is InChI=1S/C15H10F3NO/c1-15(20,10-4-2-9(8-19)3-5-10)11-6-7-12(16)14(18)13(11)17/h2-7,20H,1H3. The second kappa shape index (κ2) is 4.99. The first-order chi connectivity index (χ1) is 9.37. The van der Waals surface area contributed by atoms with Crippen molar-refractivity contribution in [3.63, 3.8) is 0 Å². The molecular formula is C15H10F3NO. The first kappa shape index (κ1) is 14.1. The summed E-state index contributed by atoms with van der Waals surface area (Å²) < 4.78 is 39.9. The second-order valence-electron chi connectivity index (χ2n) is 4.48.